The zero-order valence-electron chi connectivity index (χ0n) is 25.2. The molecule has 5 aromatic rings. The van der Waals surface area contributed by atoms with Crippen LogP contribution in [-0.4, -0.2) is 60.5 Å². The molecule has 216 valence electrons. The summed E-state index contributed by atoms with van der Waals surface area (Å²) in [7, 11) is 4.13. The number of carbonyl (C=O) groups is 1. The van der Waals surface area contributed by atoms with E-state index in [9.17, 15) is 4.79 Å². The van der Waals surface area contributed by atoms with E-state index in [-0.39, 0.29) is 5.91 Å². The van der Waals surface area contributed by atoms with Gasteiger partial charge in [0.2, 0.25) is 5.91 Å². The highest BCUT2D eigenvalue weighted by atomic mass is 16.1. The van der Waals surface area contributed by atoms with Crippen LogP contribution in [0.2, 0.25) is 0 Å². The second kappa shape index (κ2) is 10.7. The molecule has 5 heterocycles. The van der Waals surface area contributed by atoms with Crippen molar-refractivity contribution < 1.29 is 4.79 Å². The number of aryl methyl sites for hydroxylation is 3. The molecule has 0 radical (unpaired) electrons. The van der Waals surface area contributed by atoms with Crippen molar-refractivity contribution in [3.63, 3.8) is 0 Å². The highest BCUT2D eigenvalue weighted by molar-refractivity contribution is 6.08. The van der Waals surface area contributed by atoms with Crippen molar-refractivity contribution in [1.29, 1.82) is 0 Å². The number of nitrogens with zero attached hydrogens (tertiary/aromatic N) is 6. The van der Waals surface area contributed by atoms with Gasteiger partial charge in [-0.05, 0) is 89.0 Å². The molecule has 6 rings (SSSR count). The third-order valence-corrected chi connectivity index (χ3v) is 8.94. The third-order valence-electron chi connectivity index (χ3n) is 8.94. The van der Waals surface area contributed by atoms with Crippen molar-refractivity contribution in [2.45, 2.75) is 46.6 Å². The lowest BCUT2D eigenvalue weighted by molar-refractivity contribution is -0.111. The number of hydrogen-bond donors (Lipinski definition) is 2. The fourth-order valence-corrected chi connectivity index (χ4v) is 6.24. The standard InChI is InChI=1S/C33H38N8O/c1-8-28(42)37-31-19(2)9-10-25(21(31)4)30-29-20(3)26(27-17-35-40(7)22(27)5)16-34-33(29)38-32(30)23-15-36-41(18-23)24-11-13-39(6)14-12-24/h8-10,15-18,24H,1,11-14H2,2-7H3,(H,34,38)(H,37,42). The Morgan fingerprint density at radius 1 is 1.00 bits per heavy atom. The Hall–Kier alpha value is -4.50. The molecule has 1 aromatic carbocycles. The highest BCUT2D eigenvalue weighted by Gasteiger charge is 2.25. The molecule has 4 aromatic heterocycles. The van der Waals surface area contributed by atoms with E-state index in [1.807, 2.05) is 37.2 Å². The maximum Gasteiger partial charge on any atom is 0.247 e. The lowest BCUT2D eigenvalue weighted by atomic mass is 9.91. The van der Waals surface area contributed by atoms with Crippen LogP contribution in [0.4, 0.5) is 5.69 Å². The van der Waals surface area contributed by atoms with Crippen molar-refractivity contribution >= 4 is 22.6 Å². The number of pyridine rings is 1. The van der Waals surface area contributed by atoms with Crippen LogP contribution >= 0.6 is 0 Å². The van der Waals surface area contributed by atoms with Crippen molar-refractivity contribution in [2.75, 3.05) is 25.5 Å². The number of aromatic amines is 1. The van der Waals surface area contributed by atoms with Gasteiger partial charge in [0.1, 0.15) is 5.65 Å². The number of H-pyrrole nitrogens is 1. The zero-order chi connectivity index (χ0) is 29.7. The Bertz CT molecular complexity index is 1830. The first-order valence-corrected chi connectivity index (χ1v) is 14.4. The van der Waals surface area contributed by atoms with Crippen LogP contribution in [0.5, 0.6) is 0 Å². The Labute approximate surface area is 246 Å². The number of rotatable bonds is 6. The number of likely N-dealkylation sites (tertiary alicyclic amines) is 1. The molecule has 1 aliphatic heterocycles. The minimum atomic E-state index is -0.232. The second-order valence-corrected chi connectivity index (χ2v) is 11.5. The molecule has 42 heavy (non-hydrogen) atoms. The minimum absolute atomic E-state index is 0.232. The van der Waals surface area contributed by atoms with Gasteiger partial charge in [0.15, 0.2) is 0 Å². The van der Waals surface area contributed by atoms with Crippen molar-refractivity contribution in [3.05, 3.63) is 72.0 Å². The van der Waals surface area contributed by atoms with Gasteiger partial charge >= 0.3 is 0 Å². The summed E-state index contributed by atoms with van der Waals surface area (Å²) in [6, 6.07) is 4.58. The summed E-state index contributed by atoms with van der Waals surface area (Å²) in [5.41, 5.74) is 11.9. The van der Waals surface area contributed by atoms with Gasteiger partial charge in [-0.1, -0.05) is 18.7 Å². The summed E-state index contributed by atoms with van der Waals surface area (Å²) in [6.07, 6.45) is 11.4. The predicted octanol–water partition coefficient (Wildman–Crippen LogP) is 6.12. The lowest BCUT2D eigenvalue weighted by Crippen LogP contribution is -2.31. The SMILES string of the molecule is C=CC(=O)Nc1c(C)ccc(-c2c(-c3cnn(C4CCN(C)CC4)c3)[nH]c3ncc(-c4cnn(C)c4C)c(C)c23)c1C. The van der Waals surface area contributed by atoms with E-state index in [1.54, 1.807) is 0 Å². The van der Waals surface area contributed by atoms with E-state index in [4.69, 9.17) is 10.1 Å². The second-order valence-electron chi connectivity index (χ2n) is 11.5. The topological polar surface area (TPSA) is 96.7 Å². The summed E-state index contributed by atoms with van der Waals surface area (Å²) < 4.78 is 4.01. The average Bonchev–Trinajstić information content (AvgIpc) is 3.70. The summed E-state index contributed by atoms with van der Waals surface area (Å²) >= 11 is 0. The number of amides is 1. The molecule has 0 spiro atoms. The summed E-state index contributed by atoms with van der Waals surface area (Å²) in [5, 5.41) is 13.4. The van der Waals surface area contributed by atoms with Gasteiger partial charge in [-0.2, -0.15) is 10.2 Å². The van der Waals surface area contributed by atoms with Gasteiger partial charge in [-0.25, -0.2) is 4.98 Å². The largest absolute Gasteiger partial charge is 0.339 e. The molecule has 1 amide bonds. The fraction of sp³-hybridized carbons (Fsp3) is 0.333. The molecule has 1 fully saturated rings. The maximum atomic E-state index is 12.4. The molecular formula is C33H38N8O. The first kappa shape index (κ1) is 27.7. The quantitative estimate of drug-likeness (QED) is 0.243. The van der Waals surface area contributed by atoms with E-state index in [0.717, 1.165) is 98.5 Å². The van der Waals surface area contributed by atoms with E-state index < -0.39 is 0 Å². The highest BCUT2D eigenvalue weighted by Crippen LogP contribution is 2.44. The van der Waals surface area contributed by atoms with Crippen molar-refractivity contribution in [3.8, 4) is 33.5 Å². The van der Waals surface area contributed by atoms with Gasteiger partial charge in [0, 0.05) is 58.5 Å². The predicted molar refractivity (Wildman–Crippen MR) is 168 cm³/mol. The molecule has 0 atom stereocenters. The van der Waals surface area contributed by atoms with Gasteiger partial charge in [0.05, 0.1) is 24.1 Å². The number of nitrogens with one attached hydrogen (secondary N) is 2. The van der Waals surface area contributed by atoms with Crippen molar-refractivity contribution in [2.24, 2.45) is 7.05 Å². The van der Waals surface area contributed by atoms with Gasteiger partial charge in [-0.15, -0.1) is 0 Å². The molecular weight excluding hydrogens is 524 g/mol. The van der Waals surface area contributed by atoms with Crippen LogP contribution in [-0.2, 0) is 11.8 Å². The molecule has 0 aliphatic carbocycles. The van der Waals surface area contributed by atoms with Crippen LogP contribution in [0.3, 0.4) is 0 Å². The molecule has 9 nitrogen and oxygen atoms in total. The fourth-order valence-electron chi connectivity index (χ4n) is 6.24. The number of hydrogen-bond acceptors (Lipinski definition) is 5. The summed E-state index contributed by atoms with van der Waals surface area (Å²) in [5.74, 6) is -0.232. The molecule has 9 heteroatoms. The van der Waals surface area contributed by atoms with Crippen LogP contribution < -0.4 is 5.32 Å². The van der Waals surface area contributed by atoms with Gasteiger partial charge in [0.25, 0.3) is 0 Å². The average molecular weight is 563 g/mol. The summed E-state index contributed by atoms with van der Waals surface area (Å²) in [6.45, 7) is 14.1. The van der Waals surface area contributed by atoms with Gasteiger partial charge in [-0.3, -0.25) is 14.2 Å². The minimum Gasteiger partial charge on any atom is -0.339 e. The molecule has 0 unspecified atom stereocenters. The van der Waals surface area contributed by atoms with E-state index in [0.29, 0.717) is 6.04 Å². The maximum absolute atomic E-state index is 12.4. The molecule has 0 bridgehead atoms. The Morgan fingerprint density at radius 3 is 2.45 bits per heavy atom. The monoisotopic (exact) mass is 562 g/mol. The number of carbonyl (C=O) groups excluding carboxylic acids is 1. The first-order valence-electron chi connectivity index (χ1n) is 14.4. The zero-order valence-corrected chi connectivity index (χ0v) is 25.2. The number of fused-ring (bicyclic) bond motifs is 1. The first-order chi connectivity index (χ1) is 20.2. The van der Waals surface area contributed by atoms with E-state index in [1.165, 1.54) is 6.08 Å². The van der Waals surface area contributed by atoms with E-state index in [2.05, 4.69) is 77.7 Å². The Morgan fingerprint density at radius 2 is 1.76 bits per heavy atom. The van der Waals surface area contributed by atoms with Crippen LogP contribution in [0, 0.1) is 27.7 Å². The summed E-state index contributed by atoms with van der Waals surface area (Å²) in [4.78, 5) is 23.3. The molecule has 2 N–H and O–H groups in total. The van der Waals surface area contributed by atoms with Crippen LogP contribution in [0.15, 0.2) is 49.6 Å². The number of anilines is 1. The lowest BCUT2D eigenvalue weighted by Gasteiger charge is -2.28. The Kier molecular flexibility index (Phi) is 7.06. The number of benzene rings is 1. The van der Waals surface area contributed by atoms with Crippen LogP contribution in [0.25, 0.3) is 44.5 Å². The van der Waals surface area contributed by atoms with E-state index >= 15 is 0 Å². The number of piperidine rings is 1. The van der Waals surface area contributed by atoms with Gasteiger partial charge < -0.3 is 15.2 Å². The molecule has 1 saturated heterocycles. The third kappa shape index (κ3) is 4.63. The Balaban J connectivity index is 1.59. The van der Waals surface area contributed by atoms with Crippen molar-refractivity contribution in [1.82, 2.24) is 34.4 Å². The molecule has 1 aliphatic rings. The molecule has 0 saturated carbocycles. The number of aromatic nitrogens is 6. The smallest absolute Gasteiger partial charge is 0.247 e. The van der Waals surface area contributed by atoms with Crippen LogP contribution in [0.1, 0.15) is 41.3 Å². The normalized spacial score (nSPS) is 14.5.